The number of para-hydroxylation sites is 1. The van der Waals surface area contributed by atoms with E-state index in [0.29, 0.717) is 5.91 Å². The van der Waals surface area contributed by atoms with Crippen LogP contribution in [0.5, 0.6) is 0 Å². The number of hydrogen-bond donors (Lipinski definition) is 1. The van der Waals surface area contributed by atoms with Crippen LogP contribution in [0.2, 0.25) is 0 Å². The third-order valence-corrected chi connectivity index (χ3v) is 4.57. The summed E-state index contributed by atoms with van der Waals surface area (Å²) < 4.78 is 0. The molecule has 3 nitrogen and oxygen atoms in total. The Morgan fingerprint density at radius 1 is 1.28 bits per heavy atom. The number of anilines is 1. The summed E-state index contributed by atoms with van der Waals surface area (Å²) in [5, 5.41) is 3.19. The quantitative estimate of drug-likeness (QED) is 0.866. The van der Waals surface area contributed by atoms with E-state index in [1.54, 1.807) is 0 Å². The Labute approximate surface area is 108 Å². The van der Waals surface area contributed by atoms with Gasteiger partial charge in [0.2, 0.25) is 5.91 Å². The van der Waals surface area contributed by atoms with Gasteiger partial charge in [0.25, 0.3) is 0 Å². The molecule has 1 atom stereocenters. The van der Waals surface area contributed by atoms with Gasteiger partial charge in [-0.3, -0.25) is 9.69 Å². The molecular formula is C15H20N2O. The second-order valence-corrected chi connectivity index (χ2v) is 5.45. The lowest BCUT2D eigenvalue weighted by atomic mass is 9.80. The second-order valence-electron chi connectivity index (χ2n) is 5.45. The Kier molecular flexibility index (Phi) is 2.67. The minimum absolute atomic E-state index is 0.0543. The van der Waals surface area contributed by atoms with Gasteiger partial charge < -0.3 is 5.32 Å². The lowest BCUT2D eigenvalue weighted by molar-refractivity contribution is -0.123. The van der Waals surface area contributed by atoms with Crippen LogP contribution in [0.3, 0.4) is 0 Å². The summed E-state index contributed by atoms with van der Waals surface area (Å²) in [6.45, 7) is 2.04. The van der Waals surface area contributed by atoms with E-state index in [-0.39, 0.29) is 11.6 Å². The maximum absolute atomic E-state index is 12.9. The third kappa shape index (κ3) is 1.37. The standard InChI is InChI=1S/C15H20N2O/c1-11(16-2)17-13-8-4-3-7-12(13)15(14(17)18)9-5-6-10-15/h3-4,7-8,11,16H,5-6,9-10H2,1-2H3. The molecule has 1 aliphatic heterocycles. The van der Waals surface area contributed by atoms with E-state index >= 15 is 0 Å². The Hall–Kier alpha value is -1.35. The summed E-state index contributed by atoms with van der Waals surface area (Å²) in [6, 6.07) is 8.30. The number of benzene rings is 1. The summed E-state index contributed by atoms with van der Waals surface area (Å²) in [7, 11) is 1.90. The van der Waals surface area contributed by atoms with Gasteiger partial charge in [0.1, 0.15) is 0 Å². The number of carbonyl (C=O) groups is 1. The molecule has 1 aromatic rings. The van der Waals surface area contributed by atoms with E-state index in [2.05, 4.69) is 23.5 Å². The molecule has 0 saturated heterocycles. The van der Waals surface area contributed by atoms with Crippen molar-refractivity contribution in [2.75, 3.05) is 11.9 Å². The highest BCUT2D eigenvalue weighted by atomic mass is 16.2. The first-order chi connectivity index (χ1) is 8.70. The van der Waals surface area contributed by atoms with Gasteiger partial charge in [-0.25, -0.2) is 0 Å². The lowest BCUT2D eigenvalue weighted by Gasteiger charge is -2.27. The number of nitrogens with zero attached hydrogens (tertiary/aromatic N) is 1. The van der Waals surface area contributed by atoms with Crippen molar-refractivity contribution < 1.29 is 4.79 Å². The maximum atomic E-state index is 12.9. The van der Waals surface area contributed by atoms with Crippen molar-refractivity contribution in [3.8, 4) is 0 Å². The summed E-state index contributed by atoms with van der Waals surface area (Å²) in [5.74, 6) is 0.294. The molecule has 1 unspecified atom stereocenters. The highest BCUT2D eigenvalue weighted by Gasteiger charge is 2.52. The van der Waals surface area contributed by atoms with Crippen LogP contribution in [-0.2, 0) is 10.2 Å². The molecule has 2 aliphatic rings. The summed E-state index contributed by atoms with van der Waals surface area (Å²) in [6.07, 6.45) is 4.41. The van der Waals surface area contributed by atoms with Crippen molar-refractivity contribution in [3.63, 3.8) is 0 Å². The molecule has 1 spiro atoms. The minimum Gasteiger partial charge on any atom is -0.300 e. The highest BCUT2D eigenvalue weighted by molar-refractivity contribution is 6.08. The van der Waals surface area contributed by atoms with Crippen LogP contribution in [0.1, 0.15) is 38.2 Å². The number of amides is 1. The van der Waals surface area contributed by atoms with Gasteiger partial charge in [0, 0.05) is 5.69 Å². The Morgan fingerprint density at radius 3 is 2.61 bits per heavy atom. The van der Waals surface area contributed by atoms with Gasteiger partial charge in [-0.15, -0.1) is 0 Å². The molecule has 1 amide bonds. The average molecular weight is 244 g/mol. The van der Waals surface area contributed by atoms with Crippen LogP contribution in [-0.4, -0.2) is 19.1 Å². The molecule has 1 heterocycles. The molecule has 1 N–H and O–H groups in total. The normalized spacial score (nSPS) is 22.6. The number of hydrogen-bond acceptors (Lipinski definition) is 2. The molecule has 1 aromatic carbocycles. The van der Waals surface area contributed by atoms with Crippen LogP contribution >= 0.6 is 0 Å². The van der Waals surface area contributed by atoms with E-state index in [0.717, 1.165) is 18.5 Å². The predicted octanol–water partition coefficient (Wildman–Crippen LogP) is 2.41. The van der Waals surface area contributed by atoms with Crippen molar-refractivity contribution >= 4 is 11.6 Å². The van der Waals surface area contributed by atoms with Gasteiger partial charge in [-0.05, 0) is 38.4 Å². The predicted molar refractivity (Wildman–Crippen MR) is 72.6 cm³/mol. The smallest absolute Gasteiger partial charge is 0.239 e. The molecule has 18 heavy (non-hydrogen) atoms. The number of fused-ring (bicyclic) bond motifs is 2. The molecule has 1 saturated carbocycles. The van der Waals surface area contributed by atoms with E-state index in [9.17, 15) is 4.79 Å². The first-order valence-corrected chi connectivity index (χ1v) is 6.81. The largest absolute Gasteiger partial charge is 0.300 e. The van der Waals surface area contributed by atoms with Gasteiger partial charge in [-0.1, -0.05) is 31.0 Å². The van der Waals surface area contributed by atoms with Crippen LogP contribution in [0.4, 0.5) is 5.69 Å². The van der Waals surface area contributed by atoms with Crippen molar-refractivity contribution in [2.45, 2.75) is 44.2 Å². The topological polar surface area (TPSA) is 32.3 Å². The van der Waals surface area contributed by atoms with E-state index < -0.39 is 0 Å². The van der Waals surface area contributed by atoms with Crippen LogP contribution in [0.25, 0.3) is 0 Å². The molecule has 1 fully saturated rings. The van der Waals surface area contributed by atoms with Crippen LogP contribution < -0.4 is 10.2 Å². The van der Waals surface area contributed by atoms with Gasteiger partial charge in [0.05, 0.1) is 11.6 Å². The Morgan fingerprint density at radius 2 is 1.94 bits per heavy atom. The molecule has 96 valence electrons. The first-order valence-electron chi connectivity index (χ1n) is 6.81. The average Bonchev–Trinajstić information content (AvgIpc) is 2.97. The lowest BCUT2D eigenvalue weighted by Crippen LogP contribution is -2.48. The SMILES string of the molecule is CNC(C)N1C(=O)C2(CCCC2)c2ccccc21. The molecule has 3 rings (SSSR count). The summed E-state index contributed by atoms with van der Waals surface area (Å²) in [5.41, 5.74) is 2.13. The molecule has 0 aromatic heterocycles. The summed E-state index contributed by atoms with van der Waals surface area (Å²) >= 11 is 0. The van der Waals surface area contributed by atoms with E-state index in [1.165, 1.54) is 18.4 Å². The van der Waals surface area contributed by atoms with Gasteiger partial charge in [0.15, 0.2) is 0 Å². The van der Waals surface area contributed by atoms with Gasteiger partial charge in [-0.2, -0.15) is 0 Å². The van der Waals surface area contributed by atoms with E-state index in [4.69, 9.17) is 0 Å². The fourth-order valence-corrected chi connectivity index (χ4v) is 3.52. The molecule has 1 aliphatic carbocycles. The second kappa shape index (κ2) is 4.09. The zero-order chi connectivity index (χ0) is 12.8. The number of nitrogens with one attached hydrogen (secondary N) is 1. The highest BCUT2D eigenvalue weighted by Crippen LogP contribution is 2.51. The third-order valence-electron chi connectivity index (χ3n) is 4.57. The maximum Gasteiger partial charge on any atom is 0.239 e. The van der Waals surface area contributed by atoms with Crippen LogP contribution in [0, 0.1) is 0 Å². The zero-order valence-electron chi connectivity index (χ0n) is 11.1. The van der Waals surface area contributed by atoms with Crippen LogP contribution in [0.15, 0.2) is 24.3 Å². The van der Waals surface area contributed by atoms with Crippen molar-refractivity contribution in [2.24, 2.45) is 0 Å². The Bertz CT molecular complexity index is 477. The van der Waals surface area contributed by atoms with Crippen molar-refractivity contribution in [1.29, 1.82) is 0 Å². The molecule has 3 heteroatoms. The van der Waals surface area contributed by atoms with Crippen molar-refractivity contribution in [3.05, 3.63) is 29.8 Å². The van der Waals surface area contributed by atoms with Crippen molar-refractivity contribution in [1.82, 2.24) is 5.32 Å². The fourth-order valence-electron chi connectivity index (χ4n) is 3.52. The molecular weight excluding hydrogens is 224 g/mol. The molecule has 0 bridgehead atoms. The number of carbonyl (C=O) groups excluding carboxylic acids is 1. The van der Waals surface area contributed by atoms with Gasteiger partial charge >= 0.3 is 0 Å². The zero-order valence-corrected chi connectivity index (χ0v) is 11.1. The monoisotopic (exact) mass is 244 g/mol. The summed E-state index contributed by atoms with van der Waals surface area (Å²) in [4.78, 5) is 14.8. The van der Waals surface area contributed by atoms with E-state index in [1.807, 2.05) is 24.9 Å². The minimum atomic E-state index is -0.221. The fraction of sp³-hybridized carbons (Fsp3) is 0.533. The first kappa shape index (κ1) is 11.7. The Balaban J connectivity index is 2.14. The molecule has 0 radical (unpaired) electrons. The number of rotatable bonds is 2.